The van der Waals surface area contributed by atoms with E-state index in [1.807, 2.05) is 35.9 Å². The standard InChI is InChI=1S/C9H9N3O/c1-12-8-5-3-2-4-7(8)11-9(12)6-10-13/h2-6,13H,1H3/b10-6-. The van der Waals surface area contributed by atoms with Gasteiger partial charge in [-0.25, -0.2) is 4.98 Å². The van der Waals surface area contributed by atoms with E-state index in [0.717, 1.165) is 11.0 Å². The van der Waals surface area contributed by atoms with Gasteiger partial charge in [0.25, 0.3) is 0 Å². The van der Waals surface area contributed by atoms with Crippen molar-refractivity contribution < 1.29 is 5.21 Å². The number of oxime groups is 1. The summed E-state index contributed by atoms with van der Waals surface area (Å²) in [6.45, 7) is 0. The number of hydrogen-bond donors (Lipinski definition) is 1. The fraction of sp³-hybridized carbons (Fsp3) is 0.111. The van der Waals surface area contributed by atoms with E-state index in [9.17, 15) is 0 Å². The number of para-hydroxylation sites is 2. The third kappa shape index (κ3) is 1.16. The van der Waals surface area contributed by atoms with E-state index in [2.05, 4.69) is 10.1 Å². The van der Waals surface area contributed by atoms with Crippen LogP contribution in [0.3, 0.4) is 0 Å². The van der Waals surface area contributed by atoms with E-state index < -0.39 is 0 Å². The normalized spacial score (nSPS) is 11.5. The molecule has 0 aliphatic rings. The molecule has 0 saturated carbocycles. The number of nitrogens with zero attached hydrogens (tertiary/aromatic N) is 3. The van der Waals surface area contributed by atoms with E-state index >= 15 is 0 Å². The first-order chi connectivity index (χ1) is 6.33. The molecule has 13 heavy (non-hydrogen) atoms. The van der Waals surface area contributed by atoms with Gasteiger partial charge in [-0.1, -0.05) is 17.3 Å². The molecule has 0 bridgehead atoms. The molecule has 1 heterocycles. The van der Waals surface area contributed by atoms with Crippen molar-refractivity contribution in [2.75, 3.05) is 0 Å². The van der Waals surface area contributed by atoms with Crippen LogP contribution in [-0.2, 0) is 7.05 Å². The summed E-state index contributed by atoms with van der Waals surface area (Å²) in [4.78, 5) is 4.26. The molecule has 1 N–H and O–H groups in total. The van der Waals surface area contributed by atoms with Crippen molar-refractivity contribution in [1.82, 2.24) is 9.55 Å². The van der Waals surface area contributed by atoms with Gasteiger partial charge in [0.2, 0.25) is 0 Å². The van der Waals surface area contributed by atoms with Crippen molar-refractivity contribution in [2.24, 2.45) is 12.2 Å². The topological polar surface area (TPSA) is 50.4 Å². The SMILES string of the molecule is Cn1c(/C=N\O)nc2ccccc21. The van der Waals surface area contributed by atoms with E-state index in [0.29, 0.717) is 5.82 Å². The lowest BCUT2D eigenvalue weighted by molar-refractivity contribution is 0.321. The third-order valence-corrected chi connectivity index (χ3v) is 1.99. The van der Waals surface area contributed by atoms with Crippen molar-refractivity contribution in [3.8, 4) is 0 Å². The van der Waals surface area contributed by atoms with Crippen LogP contribution >= 0.6 is 0 Å². The average molecular weight is 175 g/mol. The second kappa shape index (κ2) is 2.90. The number of aryl methyl sites for hydroxylation is 1. The van der Waals surface area contributed by atoms with Crippen molar-refractivity contribution >= 4 is 17.2 Å². The highest BCUT2D eigenvalue weighted by atomic mass is 16.4. The number of rotatable bonds is 1. The predicted molar refractivity (Wildman–Crippen MR) is 50.1 cm³/mol. The smallest absolute Gasteiger partial charge is 0.155 e. The summed E-state index contributed by atoms with van der Waals surface area (Å²) in [5.74, 6) is 0.642. The molecule has 0 fully saturated rings. The van der Waals surface area contributed by atoms with Gasteiger partial charge in [-0.15, -0.1) is 0 Å². The first kappa shape index (κ1) is 7.79. The van der Waals surface area contributed by atoms with Gasteiger partial charge in [-0.2, -0.15) is 0 Å². The molecule has 0 radical (unpaired) electrons. The highest BCUT2D eigenvalue weighted by Crippen LogP contribution is 2.12. The molecule has 0 aliphatic heterocycles. The number of imidazole rings is 1. The maximum absolute atomic E-state index is 8.39. The molecule has 1 aromatic carbocycles. The summed E-state index contributed by atoms with van der Waals surface area (Å²) in [5, 5.41) is 11.3. The molecule has 0 amide bonds. The highest BCUT2D eigenvalue weighted by molar-refractivity contribution is 5.84. The second-order valence-electron chi connectivity index (χ2n) is 2.76. The van der Waals surface area contributed by atoms with E-state index in [-0.39, 0.29) is 0 Å². The molecule has 2 aromatic rings. The number of fused-ring (bicyclic) bond motifs is 1. The van der Waals surface area contributed by atoms with Crippen molar-refractivity contribution in [3.63, 3.8) is 0 Å². The molecular formula is C9H9N3O. The molecule has 66 valence electrons. The molecule has 0 aliphatic carbocycles. The largest absolute Gasteiger partial charge is 0.411 e. The first-order valence-corrected chi connectivity index (χ1v) is 3.92. The Morgan fingerprint density at radius 2 is 2.23 bits per heavy atom. The average Bonchev–Trinajstić information content (AvgIpc) is 2.46. The van der Waals surface area contributed by atoms with Crippen LogP contribution in [0.1, 0.15) is 5.82 Å². The Labute approximate surface area is 75.1 Å². The summed E-state index contributed by atoms with van der Waals surface area (Å²) in [6.07, 6.45) is 1.32. The van der Waals surface area contributed by atoms with Crippen LogP contribution in [0.15, 0.2) is 29.4 Å². The number of aromatic nitrogens is 2. The van der Waals surface area contributed by atoms with Crippen LogP contribution in [-0.4, -0.2) is 21.0 Å². The molecule has 0 unspecified atom stereocenters. The zero-order valence-electron chi connectivity index (χ0n) is 7.18. The summed E-state index contributed by atoms with van der Waals surface area (Å²) < 4.78 is 1.87. The van der Waals surface area contributed by atoms with Gasteiger partial charge in [-0.3, -0.25) is 0 Å². The van der Waals surface area contributed by atoms with Gasteiger partial charge in [0.05, 0.1) is 11.0 Å². The number of hydrogen-bond acceptors (Lipinski definition) is 3. The van der Waals surface area contributed by atoms with Gasteiger partial charge in [0.15, 0.2) is 5.82 Å². The van der Waals surface area contributed by atoms with Gasteiger partial charge in [-0.05, 0) is 12.1 Å². The Balaban J connectivity index is 2.73. The van der Waals surface area contributed by atoms with E-state index in [4.69, 9.17) is 5.21 Å². The van der Waals surface area contributed by atoms with Crippen molar-refractivity contribution in [2.45, 2.75) is 0 Å². The second-order valence-corrected chi connectivity index (χ2v) is 2.76. The lowest BCUT2D eigenvalue weighted by atomic mass is 10.3. The zero-order chi connectivity index (χ0) is 9.26. The summed E-state index contributed by atoms with van der Waals surface area (Å²) in [6, 6.07) is 7.76. The molecule has 0 saturated heterocycles. The summed E-state index contributed by atoms with van der Waals surface area (Å²) in [7, 11) is 1.88. The van der Waals surface area contributed by atoms with Gasteiger partial charge in [0.1, 0.15) is 6.21 Å². The minimum atomic E-state index is 0.642. The third-order valence-electron chi connectivity index (χ3n) is 1.99. The Hall–Kier alpha value is -1.84. The molecule has 4 heteroatoms. The lowest BCUT2D eigenvalue weighted by Gasteiger charge is -1.94. The van der Waals surface area contributed by atoms with Crippen LogP contribution in [0.5, 0.6) is 0 Å². The van der Waals surface area contributed by atoms with Gasteiger partial charge >= 0.3 is 0 Å². The van der Waals surface area contributed by atoms with Crippen molar-refractivity contribution in [3.05, 3.63) is 30.1 Å². The quantitative estimate of drug-likeness (QED) is 0.404. The van der Waals surface area contributed by atoms with E-state index in [1.165, 1.54) is 6.21 Å². The van der Waals surface area contributed by atoms with Gasteiger partial charge in [0, 0.05) is 7.05 Å². The first-order valence-electron chi connectivity index (χ1n) is 3.92. The Kier molecular flexibility index (Phi) is 1.73. The minimum Gasteiger partial charge on any atom is -0.411 e. The summed E-state index contributed by atoms with van der Waals surface area (Å²) in [5.41, 5.74) is 1.93. The minimum absolute atomic E-state index is 0.642. The Morgan fingerprint density at radius 3 is 2.92 bits per heavy atom. The molecule has 1 aromatic heterocycles. The lowest BCUT2D eigenvalue weighted by Crippen LogP contribution is -1.95. The maximum Gasteiger partial charge on any atom is 0.155 e. The van der Waals surface area contributed by atoms with Crippen LogP contribution < -0.4 is 0 Å². The van der Waals surface area contributed by atoms with Crippen LogP contribution in [0, 0.1) is 0 Å². The van der Waals surface area contributed by atoms with Gasteiger partial charge < -0.3 is 9.77 Å². The highest BCUT2D eigenvalue weighted by Gasteiger charge is 2.03. The molecule has 0 atom stereocenters. The number of benzene rings is 1. The predicted octanol–water partition coefficient (Wildman–Crippen LogP) is 1.38. The zero-order valence-corrected chi connectivity index (χ0v) is 7.18. The van der Waals surface area contributed by atoms with Crippen LogP contribution in [0.4, 0.5) is 0 Å². The molecule has 0 spiro atoms. The molecule has 2 rings (SSSR count). The Bertz CT molecular complexity index is 459. The fourth-order valence-corrected chi connectivity index (χ4v) is 1.33. The molecule has 4 nitrogen and oxygen atoms in total. The van der Waals surface area contributed by atoms with E-state index in [1.54, 1.807) is 0 Å². The Morgan fingerprint density at radius 1 is 1.46 bits per heavy atom. The monoisotopic (exact) mass is 175 g/mol. The van der Waals surface area contributed by atoms with Crippen LogP contribution in [0.25, 0.3) is 11.0 Å². The van der Waals surface area contributed by atoms with Crippen molar-refractivity contribution in [1.29, 1.82) is 0 Å². The fourth-order valence-electron chi connectivity index (χ4n) is 1.33. The molecular weight excluding hydrogens is 166 g/mol. The summed E-state index contributed by atoms with van der Waals surface area (Å²) >= 11 is 0. The maximum atomic E-state index is 8.39. The van der Waals surface area contributed by atoms with Crippen LogP contribution in [0.2, 0.25) is 0 Å².